The fourth-order valence-electron chi connectivity index (χ4n) is 4.31. The number of rotatable bonds is 23. The molecule has 4 N–H and O–H groups in total. The molecule has 0 aliphatic carbocycles. The summed E-state index contributed by atoms with van der Waals surface area (Å²) in [5.74, 6) is 0.260. The Hall–Kier alpha value is -3.34. The number of amides is 2. The van der Waals surface area contributed by atoms with Crippen LogP contribution in [-0.4, -0.2) is 114 Å². The molecule has 2 amide bonds. The molecular weight excluding hydrogens is 633 g/mol. The summed E-state index contributed by atoms with van der Waals surface area (Å²) in [6.07, 6.45) is 3.58. The minimum Gasteiger partial charge on any atom is -0.492 e. The van der Waals surface area contributed by atoms with Crippen LogP contribution in [0, 0.1) is 0 Å². The lowest BCUT2D eigenvalue weighted by molar-refractivity contribution is -0.149. The Morgan fingerprint density at radius 3 is 2.00 bits per heavy atom. The van der Waals surface area contributed by atoms with Crippen molar-refractivity contribution in [1.82, 2.24) is 16.0 Å². The Balaban J connectivity index is 1.15. The summed E-state index contributed by atoms with van der Waals surface area (Å²) in [5.41, 5.74) is 2.36. The van der Waals surface area contributed by atoms with E-state index >= 15 is 0 Å². The summed E-state index contributed by atoms with van der Waals surface area (Å²) in [5, 5.41) is 17.4. The van der Waals surface area contributed by atoms with Gasteiger partial charge in [-0.2, -0.15) is 0 Å². The van der Waals surface area contributed by atoms with Crippen molar-refractivity contribution in [3.05, 3.63) is 59.7 Å². The highest BCUT2D eigenvalue weighted by atomic mass is 16.7. The van der Waals surface area contributed by atoms with Gasteiger partial charge in [0.2, 0.25) is 11.8 Å². The first-order valence-corrected chi connectivity index (χ1v) is 16.5. The summed E-state index contributed by atoms with van der Waals surface area (Å²) in [6.45, 7) is 12.1. The highest BCUT2D eigenvalue weighted by Gasteiger charge is 2.51. The third-order valence-corrected chi connectivity index (χ3v) is 7.74. The van der Waals surface area contributed by atoms with Crippen LogP contribution < -0.4 is 26.2 Å². The maximum absolute atomic E-state index is 12.0. The van der Waals surface area contributed by atoms with Gasteiger partial charge in [-0.15, -0.1) is 0 Å². The van der Waals surface area contributed by atoms with Crippen LogP contribution in [0.5, 0.6) is 5.75 Å². The molecule has 3 rings (SSSR count). The summed E-state index contributed by atoms with van der Waals surface area (Å²) >= 11 is 0. The van der Waals surface area contributed by atoms with Crippen LogP contribution in [-0.2, 0) is 37.8 Å². The van der Waals surface area contributed by atoms with E-state index in [9.17, 15) is 9.59 Å². The van der Waals surface area contributed by atoms with Gasteiger partial charge in [0, 0.05) is 13.1 Å². The normalized spacial score (nSPS) is 15.8. The van der Waals surface area contributed by atoms with Gasteiger partial charge in [0.15, 0.2) is 0 Å². The van der Waals surface area contributed by atoms with E-state index < -0.39 is 6.10 Å². The van der Waals surface area contributed by atoms with E-state index in [4.69, 9.17) is 38.1 Å². The van der Waals surface area contributed by atoms with E-state index in [0.717, 1.165) is 16.6 Å². The molecular formula is C35H52BN3O10. The lowest BCUT2D eigenvalue weighted by Crippen LogP contribution is -2.41. The smallest absolute Gasteiger partial charge is 0.492 e. The highest BCUT2D eigenvalue weighted by Crippen LogP contribution is 2.36. The van der Waals surface area contributed by atoms with E-state index in [1.165, 1.54) is 0 Å². The zero-order valence-corrected chi connectivity index (χ0v) is 29.3. The first-order valence-electron chi connectivity index (χ1n) is 16.5. The van der Waals surface area contributed by atoms with Crippen molar-refractivity contribution >= 4 is 36.5 Å². The van der Waals surface area contributed by atoms with Gasteiger partial charge >= 0.3 is 7.12 Å². The van der Waals surface area contributed by atoms with Crippen molar-refractivity contribution in [2.75, 3.05) is 72.8 Å². The molecule has 0 radical (unpaired) electrons. The Bertz CT molecular complexity index is 1270. The van der Waals surface area contributed by atoms with Crippen LogP contribution in [0.4, 0.5) is 0 Å². The molecule has 0 spiro atoms. The highest BCUT2D eigenvalue weighted by molar-refractivity contribution is 6.62. The van der Waals surface area contributed by atoms with Crippen LogP contribution in [0.1, 0.15) is 45.7 Å². The predicted molar refractivity (Wildman–Crippen MR) is 187 cm³/mol. The monoisotopic (exact) mass is 685 g/mol. The molecule has 270 valence electrons. The molecule has 1 saturated heterocycles. The molecule has 13 nitrogen and oxygen atoms in total. The summed E-state index contributed by atoms with van der Waals surface area (Å²) < 4.78 is 39.0. The maximum atomic E-state index is 12.0. The van der Waals surface area contributed by atoms with E-state index in [-0.39, 0.29) is 56.9 Å². The number of benzene rings is 2. The van der Waals surface area contributed by atoms with Gasteiger partial charge in [-0.05, 0) is 63.3 Å². The first-order chi connectivity index (χ1) is 23.4. The number of carbonyl (C=O) groups excluding carboxylic acids is 2. The Morgan fingerprint density at radius 1 is 0.776 bits per heavy atom. The van der Waals surface area contributed by atoms with Crippen LogP contribution in [0.3, 0.4) is 0 Å². The van der Waals surface area contributed by atoms with Gasteiger partial charge in [-0.25, -0.2) is 0 Å². The molecule has 1 atom stereocenters. The van der Waals surface area contributed by atoms with Crippen molar-refractivity contribution in [1.29, 1.82) is 0 Å². The fourth-order valence-corrected chi connectivity index (χ4v) is 4.31. The summed E-state index contributed by atoms with van der Waals surface area (Å²) in [4.78, 5) is 23.5. The Kier molecular flexibility index (Phi) is 17.2. The average Bonchev–Trinajstić information content (AvgIpc) is 3.29. The molecule has 2 aromatic carbocycles. The standard InChI is InChI=1S/C35H52BN3O10/c1-27(40)22-37-23-32(41)38-16-18-43-20-21-44-25-46-26-45-24-33(42)39-17-19-47-31-14-10-29(11-15-31)7-6-28-8-12-30(13-9-28)36-48-34(2,3)35(4,5)49-36/h6-15,27,37,40H,16-26H2,1-5H3,(H,38,41)(H,39,42)/b7-6+. The van der Waals surface area contributed by atoms with Gasteiger partial charge in [0.05, 0.1) is 50.2 Å². The molecule has 1 fully saturated rings. The first kappa shape index (κ1) is 40.1. The van der Waals surface area contributed by atoms with Gasteiger partial charge in [-0.3, -0.25) is 9.59 Å². The maximum Gasteiger partial charge on any atom is 0.494 e. The SMILES string of the molecule is CC(O)CNCC(=O)NCCOCCOCOCOCC(=O)NCCOc1ccc(/C=C/c2ccc(B3OC(C)(C)C(C)(C)O3)cc2)cc1. The van der Waals surface area contributed by atoms with Crippen LogP contribution >= 0.6 is 0 Å². The summed E-state index contributed by atoms with van der Waals surface area (Å²) in [6, 6.07) is 15.9. The van der Waals surface area contributed by atoms with Crippen molar-refractivity contribution in [2.24, 2.45) is 0 Å². The van der Waals surface area contributed by atoms with Crippen molar-refractivity contribution < 1.29 is 47.7 Å². The quantitative estimate of drug-likeness (QED) is 0.0585. The number of hydrogen-bond donors (Lipinski definition) is 4. The van der Waals surface area contributed by atoms with Gasteiger partial charge < -0.3 is 54.0 Å². The third-order valence-electron chi connectivity index (χ3n) is 7.74. The number of hydrogen-bond acceptors (Lipinski definition) is 11. The van der Waals surface area contributed by atoms with E-state index in [1.54, 1.807) is 6.92 Å². The van der Waals surface area contributed by atoms with Crippen molar-refractivity contribution in [3.63, 3.8) is 0 Å². The second-order valence-electron chi connectivity index (χ2n) is 12.5. The zero-order valence-electron chi connectivity index (χ0n) is 29.3. The van der Waals surface area contributed by atoms with Gasteiger partial charge in [0.1, 0.15) is 32.5 Å². The number of ether oxygens (including phenoxy) is 5. The van der Waals surface area contributed by atoms with Crippen molar-refractivity contribution in [2.45, 2.75) is 51.9 Å². The zero-order chi connectivity index (χ0) is 35.5. The molecule has 1 heterocycles. The average molecular weight is 686 g/mol. The second kappa shape index (κ2) is 21.0. The lowest BCUT2D eigenvalue weighted by atomic mass is 9.79. The topological polar surface area (TPSA) is 155 Å². The van der Waals surface area contributed by atoms with E-state index in [2.05, 4.69) is 16.0 Å². The second-order valence-corrected chi connectivity index (χ2v) is 12.5. The van der Waals surface area contributed by atoms with Gasteiger partial charge in [0.25, 0.3) is 0 Å². The molecule has 49 heavy (non-hydrogen) atoms. The third kappa shape index (κ3) is 15.4. The molecule has 1 unspecified atom stereocenters. The molecule has 0 aromatic heterocycles. The molecule has 0 saturated carbocycles. The molecule has 1 aliphatic heterocycles. The largest absolute Gasteiger partial charge is 0.494 e. The van der Waals surface area contributed by atoms with Gasteiger partial charge in [-0.1, -0.05) is 48.6 Å². The Morgan fingerprint density at radius 2 is 1.35 bits per heavy atom. The Labute approximate surface area is 290 Å². The van der Waals surface area contributed by atoms with Crippen molar-refractivity contribution in [3.8, 4) is 5.75 Å². The summed E-state index contributed by atoms with van der Waals surface area (Å²) in [7, 11) is -0.376. The number of carbonyl (C=O) groups is 2. The van der Waals surface area contributed by atoms with Crippen LogP contribution in [0.15, 0.2) is 48.5 Å². The number of aliphatic hydroxyl groups excluding tert-OH is 1. The predicted octanol–water partition coefficient (Wildman–Crippen LogP) is 1.72. The molecule has 0 bridgehead atoms. The molecule has 14 heteroatoms. The number of nitrogens with one attached hydrogen (secondary N) is 3. The van der Waals surface area contributed by atoms with E-state index in [0.29, 0.717) is 51.8 Å². The fraction of sp³-hybridized carbons (Fsp3) is 0.543. The number of aliphatic hydroxyl groups is 1. The minimum absolute atomic E-state index is 0.00428. The van der Waals surface area contributed by atoms with Crippen LogP contribution in [0.2, 0.25) is 0 Å². The van der Waals surface area contributed by atoms with E-state index in [1.807, 2.05) is 88.4 Å². The minimum atomic E-state index is -0.499. The lowest BCUT2D eigenvalue weighted by Gasteiger charge is -2.32. The van der Waals surface area contributed by atoms with Crippen LogP contribution in [0.25, 0.3) is 12.2 Å². The molecule has 2 aromatic rings. The molecule has 1 aliphatic rings.